The van der Waals surface area contributed by atoms with Gasteiger partial charge in [0.25, 0.3) is 11.1 Å². The van der Waals surface area contributed by atoms with Crippen LogP contribution >= 0.6 is 27.7 Å². The fourth-order valence-corrected chi connectivity index (χ4v) is 5.17. The van der Waals surface area contributed by atoms with Crippen molar-refractivity contribution in [2.45, 2.75) is 26.4 Å². The number of amides is 2. The van der Waals surface area contributed by atoms with Gasteiger partial charge >= 0.3 is 0 Å². The van der Waals surface area contributed by atoms with Crippen LogP contribution in [0.3, 0.4) is 0 Å². The van der Waals surface area contributed by atoms with Gasteiger partial charge in [-0.3, -0.25) is 14.5 Å². The average Bonchev–Trinajstić information content (AvgIpc) is 3.12. The van der Waals surface area contributed by atoms with E-state index in [9.17, 15) is 9.59 Å². The Morgan fingerprint density at radius 2 is 1.63 bits per heavy atom. The normalized spacial score (nSPS) is 14.6. The summed E-state index contributed by atoms with van der Waals surface area (Å²) in [6, 6.07) is 23.7. The lowest BCUT2D eigenvalue weighted by atomic mass is 10.1. The fraction of sp³-hybridized carbons (Fsp3) is 0.214. The topological polar surface area (TPSA) is 55.8 Å². The molecule has 1 fully saturated rings. The first-order valence-corrected chi connectivity index (χ1v) is 13.1. The first-order valence-electron chi connectivity index (χ1n) is 11.5. The Kier molecular flexibility index (Phi) is 8.66. The van der Waals surface area contributed by atoms with Gasteiger partial charge in [0, 0.05) is 6.54 Å². The molecule has 3 aromatic rings. The summed E-state index contributed by atoms with van der Waals surface area (Å²) < 4.78 is 12.6. The van der Waals surface area contributed by atoms with Gasteiger partial charge in [-0.05, 0) is 82.4 Å². The average molecular weight is 552 g/mol. The summed E-state index contributed by atoms with van der Waals surface area (Å²) in [6.45, 7) is 3.18. The summed E-state index contributed by atoms with van der Waals surface area (Å²) in [5.74, 6) is 0.916. The van der Waals surface area contributed by atoms with E-state index in [-0.39, 0.29) is 11.1 Å². The standard InChI is InChI=1S/C28H26BrNO4S/c1-2-33-24-17-22(16-23(29)26(24)34-19-21-12-7-4-8-13-21)18-25-27(31)30(28(32)35-25)15-9-14-20-10-5-3-6-11-20/h3-8,10-13,16-18H,2,9,14-15,19H2,1H3/b25-18+. The molecule has 4 rings (SSSR count). The van der Waals surface area contributed by atoms with Crippen molar-refractivity contribution in [1.29, 1.82) is 0 Å². The van der Waals surface area contributed by atoms with Crippen LogP contribution in [0.2, 0.25) is 0 Å². The van der Waals surface area contributed by atoms with Gasteiger partial charge in [-0.25, -0.2) is 0 Å². The number of halogens is 1. The van der Waals surface area contributed by atoms with Gasteiger partial charge in [0.05, 0.1) is 16.0 Å². The smallest absolute Gasteiger partial charge is 0.293 e. The zero-order chi connectivity index (χ0) is 24.6. The summed E-state index contributed by atoms with van der Waals surface area (Å²) in [5, 5.41) is -0.235. The molecule has 1 heterocycles. The molecule has 0 saturated carbocycles. The maximum atomic E-state index is 12.9. The highest BCUT2D eigenvalue weighted by Crippen LogP contribution is 2.39. The Balaban J connectivity index is 1.46. The second kappa shape index (κ2) is 12.1. The number of nitrogens with zero attached hydrogens (tertiary/aromatic N) is 1. The van der Waals surface area contributed by atoms with Crippen molar-refractivity contribution in [3.05, 3.63) is 98.9 Å². The molecular weight excluding hydrogens is 526 g/mol. The predicted octanol–water partition coefficient (Wildman–Crippen LogP) is 7.10. The number of rotatable bonds is 10. The van der Waals surface area contributed by atoms with Gasteiger partial charge in [0.2, 0.25) is 0 Å². The van der Waals surface area contributed by atoms with E-state index in [1.165, 1.54) is 10.5 Å². The monoisotopic (exact) mass is 551 g/mol. The number of imide groups is 1. The molecule has 3 aromatic carbocycles. The molecule has 0 spiro atoms. The molecule has 1 aliphatic rings. The molecule has 2 amide bonds. The number of ether oxygens (including phenoxy) is 2. The number of hydrogen-bond acceptors (Lipinski definition) is 5. The van der Waals surface area contributed by atoms with Gasteiger partial charge in [0.1, 0.15) is 6.61 Å². The highest BCUT2D eigenvalue weighted by molar-refractivity contribution is 9.10. The first kappa shape index (κ1) is 25.1. The molecule has 0 aromatic heterocycles. The third-order valence-corrected chi connectivity index (χ3v) is 6.92. The van der Waals surface area contributed by atoms with E-state index >= 15 is 0 Å². The molecule has 0 radical (unpaired) electrons. The number of aryl methyl sites for hydroxylation is 1. The van der Waals surface area contributed by atoms with E-state index in [0.29, 0.717) is 40.6 Å². The predicted molar refractivity (Wildman–Crippen MR) is 144 cm³/mol. The highest BCUT2D eigenvalue weighted by atomic mass is 79.9. The second-order valence-electron chi connectivity index (χ2n) is 7.96. The van der Waals surface area contributed by atoms with Crippen LogP contribution < -0.4 is 9.47 Å². The largest absolute Gasteiger partial charge is 0.490 e. The van der Waals surface area contributed by atoms with Crippen LogP contribution in [0.4, 0.5) is 4.79 Å². The molecule has 1 aliphatic heterocycles. The van der Waals surface area contributed by atoms with Gasteiger partial charge < -0.3 is 9.47 Å². The Morgan fingerprint density at radius 1 is 0.943 bits per heavy atom. The van der Waals surface area contributed by atoms with Crippen LogP contribution in [-0.2, 0) is 17.8 Å². The highest BCUT2D eigenvalue weighted by Gasteiger charge is 2.34. The fourth-order valence-electron chi connectivity index (χ4n) is 3.73. The molecule has 5 nitrogen and oxygen atoms in total. The number of carbonyl (C=O) groups is 2. The number of hydrogen-bond donors (Lipinski definition) is 0. The zero-order valence-electron chi connectivity index (χ0n) is 19.4. The van der Waals surface area contributed by atoms with Crippen molar-refractivity contribution in [1.82, 2.24) is 4.90 Å². The lowest BCUT2D eigenvalue weighted by Crippen LogP contribution is -2.29. The lowest BCUT2D eigenvalue weighted by Gasteiger charge is -2.15. The lowest BCUT2D eigenvalue weighted by molar-refractivity contribution is -0.122. The van der Waals surface area contributed by atoms with Crippen molar-refractivity contribution < 1.29 is 19.1 Å². The van der Waals surface area contributed by atoms with E-state index in [4.69, 9.17) is 9.47 Å². The van der Waals surface area contributed by atoms with E-state index in [1.807, 2.05) is 67.6 Å². The van der Waals surface area contributed by atoms with E-state index in [0.717, 1.165) is 35.7 Å². The maximum Gasteiger partial charge on any atom is 0.293 e. The summed E-state index contributed by atoms with van der Waals surface area (Å²) in [7, 11) is 0. The first-order chi connectivity index (χ1) is 17.0. The van der Waals surface area contributed by atoms with E-state index in [1.54, 1.807) is 6.08 Å². The van der Waals surface area contributed by atoms with E-state index < -0.39 is 0 Å². The summed E-state index contributed by atoms with van der Waals surface area (Å²) in [6.07, 6.45) is 3.27. The Bertz CT molecular complexity index is 1210. The van der Waals surface area contributed by atoms with Crippen LogP contribution in [-0.4, -0.2) is 29.2 Å². The summed E-state index contributed by atoms with van der Waals surface area (Å²) in [4.78, 5) is 27.2. The minimum Gasteiger partial charge on any atom is -0.490 e. The molecule has 0 N–H and O–H groups in total. The zero-order valence-corrected chi connectivity index (χ0v) is 21.8. The van der Waals surface area contributed by atoms with Crippen LogP contribution in [0.5, 0.6) is 11.5 Å². The van der Waals surface area contributed by atoms with Crippen molar-refractivity contribution >= 4 is 44.9 Å². The second-order valence-corrected chi connectivity index (χ2v) is 9.81. The Hall–Kier alpha value is -3.03. The Morgan fingerprint density at radius 3 is 2.31 bits per heavy atom. The maximum absolute atomic E-state index is 12.9. The molecule has 0 bridgehead atoms. The minimum atomic E-state index is -0.258. The van der Waals surface area contributed by atoms with Crippen molar-refractivity contribution in [3.8, 4) is 11.5 Å². The third kappa shape index (κ3) is 6.55. The summed E-state index contributed by atoms with van der Waals surface area (Å²) >= 11 is 4.55. The molecule has 0 atom stereocenters. The Labute approximate surface area is 218 Å². The number of carbonyl (C=O) groups excluding carboxylic acids is 2. The minimum absolute atomic E-state index is 0.235. The molecule has 180 valence electrons. The van der Waals surface area contributed by atoms with Crippen molar-refractivity contribution in [2.24, 2.45) is 0 Å². The van der Waals surface area contributed by atoms with Crippen LogP contribution in [0.15, 0.2) is 82.2 Å². The molecule has 1 saturated heterocycles. The van der Waals surface area contributed by atoms with Crippen LogP contribution in [0.1, 0.15) is 30.0 Å². The van der Waals surface area contributed by atoms with Crippen LogP contribution in [0, 0.1) is 0 Å². The van der Waals surface area contributed by atoms with Gasteiger partial charge in [0.15, 0.2) is 11.5 Å². The van der Waals surface area contributed by atoms with E-state index in [2.05, 4.69) is 28.1 Å². The van der Waals surface area contributed by atoms with Gasteiger partial charge in [-0.15, -0.1) is 0 Å². The molecule has 7 heteroatoms. The number of benzene rings is 3. The SMILES string of the molecule is CCOc1cc(/C=C2/SC(=O)N(CCCc3ccccc3)C2=O)cc(Br)c1OCc1ccccc1. The molecule has 35 heavy (non-hydrogen) atoms. The van der Waals surface area contributed by atoms with Gasteiger partial charge in [-0.1, -0.05) is 60.7 Å². The third-order valence-electron chi connectivity index (χ3n) is 5.42. The van der Waals surface area contributed by atoms with Crippen molar-refractivity contribution in [2.75, 3.05) is 13.2 Å². The number of thioether (sulfide) groups is 1. The molecular formula is C28H26BrNO4S. The van der Waals surface area contributed by atoms with Crippen LogP contribution in [0.25, 0.3) is 6.08 Å². The molecule has 0 aliphatic carbocycles. The van der Waals surface area contributed by atoms with Crippen molar-refractivity contribution in [3.63, 3.8) is 0 Å². The quantitative estimate of drug-likeness (QED) is 0.251. The summed E-state index contributed by atoms with van der Waals surface area (Å²) in [5.41, 5.74) is 2.99. The molecule has 0 unspecified atom stereocenters. The van der Waals surface area contributed by atoms with Gasteiger partial charge in [-0.2, -0.15) is 0 Å².